The largest absolute Gasteiger partial charge is 0.383 e. The molecule has 17 heavy (non-hydrogen) atoms. The van der Waals surface area contributed by atoms with E-state index in [0.717, 1.165) is 25.1 Å². The molecule has 2 nitrogen and oxygen atoms in total. The number of methoxy groups -OCH3 is 1. The first-order valence-corrected chi connectivity index (χ1v) is 5.98. The van der Waals surface area contributed by atoms with Gasteiger partial charge in [-0.25, -0.2) is 4.39 Å². The summed E-state index contributed by atoms with van der Waals surface area (Å²) in [5.41, 5.74) is 0.821. The van der Waals surface area contributed by atoms with Crippen molar-refractivity contribution in [2.75, 3.05) is 26.8 Å². The standard InChI is InChI=1S/C14H22FNO/c1-14(2,11-16-8-9-17-3)10-12-6-4-5-7-13(12)15/h4-7,16H,8-11H2,1-3H3. The molecule has 0 atom stereocenters. The van der Waals surface area contributed by atoms with Crippen molar-refractivity contribution in [3.8, 4) is 0 Å². The average Bonchev–Trinajstić information content (AvgIpc) is 2.28. The summed E-state index contributed by atoms with van der Waals surface area (Å²) in [6, 6.07) is 6.98. The summed E-state index contributed by atoms with van der Waals surface area (Å²) in [6.07, 6.45) is 0.736. The minimum Gasteiger partial charge on any atom is -0.383 e. The number of hydrogen-bond acceptors (Lipinski definition) is 2. The van der Waals surface area contributed by atoms with Crippen LogP contribution in [-0.4, -0.2) is 26.8 Å². The fraction of sp³-hybridized carbons (Fsp3) is 0.571. The lowest BCUT2D eigenvalue weighted by Crippen LogP contribution is -2.33. The van der Waals surface area contributed by atoms with Crippen LogP contribution < -0.4 is 5.32 Å². The Hall–Kier alpha value is -0.930. The van der Waals surface area contributed by atoms with E-state index in [4.69, 9.17) is 4.74 Å². The molecule has 0 radical (unpaired) electrons. The van der Waals surface area contributed by atoms with Gasteiger partial charge in [-0.1, -0.05) is 32.0 Å². The number of nitrogens with one attached hydrogen (secondary N) is 1. The second-order valence-electron chi connectivity index (χ2n) is 5.10. The molecule has 0 unspecified atom stereocenters. The number of rotatable bonds is 7. The third kappa shape index (κ3) is 5.29. The molecule has 0 saturated carbocycles. The molecular weight excluding hydrogens is 217 g/mol. The van der Waals surface area contributed by atoms with Crippen molar-refractivity contribution < 1.29 is 9.13 Å². The van der Waals surface area contributed by atoms with Crippen molar-refractivity contribution >= 4 is 0 Å². The lowest BCUT2D eigenvalue weighted by molar-refractivity contribution is 0.194. The Morgan fingerprint density at radius 3 is 2.65 bits per heavy atom. The molecule has 0 spiro atoms. The van der Waals surface area contributed by atoms with E-state index in [2.05, 4.69) is 19.2 Å². The van der Waals surface area contributed by atoms with Crippen LogP contribution in [0.2, 0.25) is 0 Å². The quantitative estimate of drug-likeness (QED) is 0.739. The zero-order valence-corrected chi connectivity index (χ0v) is 10.9. The van der Waals surface area contributed by atoms with E-state index in [1.807, 2.05) is 12.1 Å². The zero-order chi connectivity index (χ0) is 12.7. The van der Waals surface area contributed by atoms with Crippen LogP contribution in [0.1, 0.15) is 19.4 Å². The monoisotopic (exact) mass is 239 g/mol. The SMILES string of the molecule is COCCNCC(C)(C)Cc1ccccc1F. The lowest BCUT2D eigenvalue weighted by Gasteiger charge is -2.25. The van der Waals surface area contributed by atoms with Crippen molar-refractivity contribution in [3.05, 3.63) is 35.6 Å². The Morgan fingerprint density at radius 1 is 1.29 bits per heavy atom. The molecule has 1 N–H and O–H groups in total. The fourth-order valence-corrected chi connectivity index (χ4v) is 1.82. The van der Waals surface area contributed by atoms with Gasteiger partial charge >= 0.3 is 0 Å². The van der Waals surface area contributed by atoms with Gasteiger partial charge in [-0.05, 0) is 23.5 Å². The van der Waals surface area contributed by atoms with Gasteiger partial charge in [-0.2, -0.15) is 0 Å². The minimum atomic E-state index is -0.113. The van der Waals surface area contributed by atoms with E-state index in [0.29, 0.717) is 6.61 Å². The van der Waals surface area contributed by atoms with Gasteiger partial charge in [0.2, 0.25) is 0 Å². The smallest absolute Gasteiger partial charge is 0.126 e. The topological polar surface area (TPSA) is 21.3 Å². The molecule has 96 valence electrons. The van der Waals surface area contributed by atoms with Crippen LogP contribution >= 0.6 is 0 Å². The Bertz CT molecular complexity index is 339. The van der Waals surface area contributed by atoms with Crippen LogP contribution in [0, 0.1) is 11.2 Å². The molecule has 0 aliphatic rings. The van der Waals surface area contributed by atoms with Crippen molar-refractivity contribution in [1.82, 2.24) is 5.32 Å². The van der Waals surface area contributed by atoms with E-state index in [-0.39, 0.29) is 11.2 Å². The van der Waals surface area contributed by atoms with Gasteiger partial charge in [-0.15, -0.1) is 0 Å². The summed E-state index contributed by atoms with van der Waals surface area (Å²) in [6.45, 7) is 6.66. The second kappa shape index (κ2) is 6.72. The fourth-order valence-electron chi connectivity index (χ4n) is 1.82. The first-order chi connectivity index (χ1) is 8.05. The van der Waals surface area contributed by atoms with E-state index < -0.39 is 0 Å². The predicted molar refractivity (Wildman–Crippen MR) is 68.6 cm³/mol. The first kappa shape index (κ1) is 14.1. The average molecular weight is 239 g/mol. The highest BCUT2D eigenvalue weighted by atomic mass is 19.1. The first-order valence-electron chi connectivity index (χ1n) is 5.98. The van der Waals surface area contributed by atoms with E-state index in [1.165, 1.54) is 6.07 Å². The van der Waals surface area contributed by atoms with Gasteiger partial charge in [0.1, 0.15) is 5.82 Å². The summed E-state index contributed by atoms with van der Waals surface area (Å²) >= 11 is 0. The van der Waals surface area contributed by atoms with Crippen LogP contribution in [0.25, 0.3) is 0 Å². The number of hydrogen-bond donors (Lipinski definition) is 1. The third-order valence-electron chi connectivity index (χ3n) is 2.71. The van der Waals surface area contributed by atoms with E-state index >= 15 is 0 Å². The summed E-state index contributed by atoms with van der Waals surface area (Å²) in [5, 5.41) is 3.32. The van der Waals surface area contributed by atoms with E-state index in [1.54, 1.807) is 13.2 Å². The summed E-state index contributed by atoms with van der Waals surface area (Å²) < 4.78 is 18.5. The molecule has 1 rings (SSSR count). The number of ether oxygens (including phenoxy) is 1. The van der Waals surface area contributed by atoms with Crippen LogP contribution in [0.4, 0.5) is 4.39 Å². The maximum Gasteiger partial charge on any atom is 0.126 e. The van der Waals surface area contributed by atoms with Gasteiger partial charge in [0, 0.05) is 20.2 Å². The number of halogens is 1. The van der Waals surface area contributed by atoms with Crippen molar-refractivity contribution in [2.24, 2.45) is 5.41 Å². The van der Waals surface area contributed by atoms with Gasteiger partial charge < -0.3 is 10.1 Å². The molecule has 1 aromatic rings. The van der Waals surface area contributed by atoms with Crippen LogP contribution in [0.5, 0.6) is 0 Å². The minimum absolute atomic E-state index is 0.0376. The molecule has 0 amide bonds. The summed E-state index contributed by atoms with van der Waals surface area (Å²) in [7, 11) is 1.69. The van der Waals surface area contributed by atoms with Crippen molar-refractivity contribution in [3.63, 3.8) is 0 Å². The van der Waals surface area contributed by atoms with Crippen molar-refractivity contribution in [2.45, 2.75) is 20.3 Å². The van der Waals surface area contributed by atoms with Crippen LogP contribution in [0.15, 0.2) is 24.3 Å². The highest BCUT2D eigenvalue weighted by Gasteiger charge is 2.19. The molecule has 0 aromatic heterocycles. The molecule has 0 aliphatic heterocycles. The Kier molecular flexibility index (Phi) is 5.59. The molecular formula is C14H22FNO. The van der Waals surface area contributed by atoms with Gasteiger partial charge in [0.05, 0.1) is 6.61 Å². The highest BCUT2D eigenvalue weighted by molar-refractivity contribution is 5.18. The van der Waals surface area contributed by atoms with E-state index in [9.17, 15) is 4.39 Å². The molecule has 0 bridgehead atoms. The predicted octanol–water partition coefficient (Wildman–Crippen LogP) is 2.63. The number of benzene rings is 1. The molecule has 1 aromatic carbocycles. The Morgan fingerprint density at radius 2 is 2.00 bits per heavy atom. The third-order valence-corrected chi connectivity index (χ3v) is 2.71. The highest BCUT2D eigenvalue weighted by Crippen LogP contribution is 2.22. The zero-order valence-electron chi connectivity index (χ0n) is 10.9. The molecule has 0 saturated heterocycles. The summed E-state index contributed by atoms with van der Waals surface area (Å²) in [5.74, 6) is -0.113. The second-order valence-corrected chi connectivity index (χ2v) is 5.10. The summed E-state index contributed by atoms with van der Waals surface area (Å²) in [4.78, 5) is 0. The van der Waals surface area contributed by atoms with Gasteiger partial charge in [0.25, 0.3) is 0 Å². The Balaban J connectivity index is 2.46. The molecule has 0 heterocycles. The molecule has 3 heteroatoms. The lowest BCUT2D eigenvalue weighted by atomic mass is 9.85. The molecule has 0 aliphatic carbocycles. The van der Waals surface area contributed by atoms with Crippen molar-refractivity contribution in [1.29, 1.82) is 0 Å². The normalized spacial score (nSPS) is 11.8. The van der Waals surface area contributed by atoms with Crippen LogP contribution in [0.3, 0.4) is 0 Å². The molecule has 0 fully saturated rings. The maximum absolute atomic E-state index is 13.5. The van der Waals surface area contributed by atoms with Gasteiger partial charge in [-0.3, -0.25) is 0 Å². The maximum atomic E-state index is 13.5. The van der Waals surface area contributed by atoms with Gasteiger partial charge in [0.15, 0.2) is 0 Å². The Labute approximate surface area is 103 Å². The van der Waals surface area contributed by atoms with Crippen LogP contribution in [-0.2, 0) is 11.2 Å².